The van der Waals surface area contributed by atoms with Gasteiger partial charge in [-0.2, -0.15) is 5.10 Å². The Kier molecular flexibility index (Phi) is 4.40. The lowest BCUT2D eigenvalue weighted by Gasteiger charge is -2.18. The van der Waals surface area contributed by atoms with Gasteiger partial charge in [0.1, 0.15) is 11.4 Å². The number of benzene rings is 3. The van der Waals surface area contributed by atoms with Crippen LogP contribution in [-0.2, 0) is 11.3 Å². The molecule has 3 N–H and O–H groups in total. The van der Waals surface area contributed by atoms with Crippen molar-refractivity contribution in [3.05, 3.63) is 78.0 Å². The van der Waals surface area contributed by atoms with Crippen molar-refractivity contribution in [1.82, 2.24) is 15.5 Å². The molecule has 0 spiro atoms. The van der Waals surface area contributed by atoms with Gasteiger partial charge in [-0.05, 0) is 34.5 Å². The number of carbonyl (C=O) groups excluding carboxylic acids is 2. The number of nitrogens with one attached hydrogen (secondary N) is 3. The van der Waals surface area contributed by atoms with Crippen molar-refractivity contribution < 1.29 is 14.3 Å². The van der Waals surface area contributed by atoms with Crippen LogP contribution in [0.4, 0.5) is 5.69 Å². The number of rotatable bonds is 4. The molecule has 0 radical (unpaired) electrons. The molecule has 1 aliphatic rings. The number of hydrogen-bond acceptors (Lipinski definition) is 4. The van der Waals surface area contributed by atoms with E-state index in [1.165, 1.54) is 0 Å². The topological polar surface area (TPSA) is 96.1 Å². The average molecular weight is 398 g/mol. The van der Waals surface area contributed by atoms with E-state index in [0.29, 0.717) is 29.4 Å². The lowest BCUT2D eigenvalue weighted by Crippen LogP contribution is -2.26. The van der Waals surface area contributed by atoms with E-state index in [1.54, 1.807) is 18.2 Å². The monoisotopic (exact) mass is 398 g/mol. The Labute approximate surface area is 172 Å². The number of H-pyrrole nitrogens is 1. The molecule has 3 aromatic carbocycles. The molecule has 30 heavy (non-hydrogen) atoms. The molecular formula is C23H18N4O3. The molecule has 1 aliphatic heterocycles. The first-order valence-corrected chi connectivity index (χ1v) is 9.55. The minimum Gasteiger partial charge on any atom is -0.482 e. The van der Waals surface area contributed by atoms with E-state index in [4.69, 9.17) is 4.74 Å². The minimum absolute atomic E-state index is 0.0158. The quantitative estimate of drug-likeness (QED) is 0.490. The molecule has 7 heteroatoms. The molecule has 0 aliphatic carbocycles. The molecule has 1 aromatic heterocycles. The summed E-state index contributed by atoms with van der Waals surface area (Å²) in [6.07, 6.45) is 0. The molecule has 0 fully saturated rings. The number of nitrogens with zero attached hydrogens (tertiary/aromatic N) is 1. The second kappa shape index (κ2) is 7.36. The number of fused-ring (bicyclic) bond motifs is 2. The van der Waals surface area contributed by atoms with Crippen LogP contribution in [0, 0.1) is 0 Å². The fraction of sp³-hybridized carbons (Fsp3) is 0.0870. The van der Waals surface area contributed by atoms with Gasteiger partial charge in [0.05, 0.1) is 11.4 Å². The van der Waals surface area contributed by atoms with E-state index in [2.05, 4.69) is 20.8 Å². The van der Waals surface area contributed by atoms with Crippen molar-refractivity contribution in [3.63, 3.8) is 0 Å². The smallest absolute Gasteiger partial charge is 0.269 e. The van der Waals surface area contributed by atoms with Crippen molar-refractivity contribution >= 4 is 28.3 Å². The summed E-state index contributed by atoms with van der Waals surface area (Å²) >= 11 is 0. The third-order valence-corrected chi connectivity index (χ3v) is 5.02. The Morgan fingerprint density at radius 1 is 1.07 bits per heavy atom. The molecule has 148 valence electrons. The van der Waals surface area contributed by atoms with Crippen molar-refractivity contribution in [1.29, 1.82) is 0 Å². The molecule has 2 amide bonds. The summed E-state index contributed by atoms with van der Waals surface area (Å²) in [7, 11) is 0. The fourth-order valence-electron chi connectivity index (χ4n) is 3.54. The number of hydrogen-bond donors (Lipinski definition) is 3. The average Bonchev–Trinajstić information content (AvgIpc) is 3.27. The molecule has 0 unspecified atom stereocenters. The maximum Gasteiger partial charge on any atom is 0.269 e. The number of aromatic nitrogens is 2. The Balaban J connectivity index is 1.32. The summed E-state index contributed by atoms with van der Waals surface area (Å²) in [4.78, 5) is 24.1. The third kappa shape index (κ3) is 3.37. The van der Waals surface area contributed by atoms with Gasteiger partial charge in [-0.1, -0.05) is 48.5 Å². The Bertz CT molecular complexity index is 1270. The molecule has 5 rings (SSSR count). The van der Waals surface area contributed by atoms with E-state index in [1.807, 2.05) is 48.5 Å². The van der Waals surface area contributed by atoms with Gasteiger partial charge in [-0.3, -0.25) is 14.7 Å². The van der Waals surface area contributed by atoms with E-state index in [-0.39, 0.29) is 18.4 Å². The Morgan fingerprint density at radius 3 is 2.87 bits per heavy atom. The minimum atomic E-state index is -0.257. The van der Waals surface area contributed by atoms with Crippen LogP contribution in [0.3, 0.4) is 0 Å². The molecular weight excluding hydrogens is 380 g/mol. The molecule has 0 saturated carbocycles. The maximum absolute atomic E-state index is 12.6. The van der Waals surface area contributed by atoms with Crippen LogP contribution in [0.25, 0.3) is 22.0 Å². The van der Waals surface area contributed by atoms with Crippen LogP contribution in [0.2, 0.25) is 0 Å². The first kappa shape index (κ1) is 17.9. The van der Waals surface area contributed by atoms with Crippen LogP contribution in [-0.4, -0.2) is 28.6 Å². The van der Waals surface area contributed by atoms with E-state index < -0.39 is 0 Å². The van der Waals surface area contributed by atoms with Gasteiger partial charge < -0.3 is 15.4 Å². The van der Waals surface area contributed by atoms with Crippen LogP contribution >= 0.6 is 0 Å². The zero-order chi connectivity index (χ0) is 20.5. The number of anilines is 1. The first-order chi connectivity index (χ1) is 14.7. The zero-order valence-corrected chi connectivity index (χ0v) is 15.9. The molecule has 0 saturated heterocycles. The van der Waals surface area contributed by atoms with Gasteiger partial charge in [0.25, 0.3) is 11.8 Å². The largest absolute Gasteiger partial charge is 0.482 e. The van der Waals surface area contributed by atoms with Crippen LogP contribution in [0.1, 0.15) is 16.1 Å². The summed E-state index contributed by atoms with van der Waals surface area (Å²) in [6, 6.07) is 21.3. The Hall–Kier alpha value is -4.13. The Morgan fingerprint density at radius 2 is 1.93 bits per heavy atom. The summed E-state index contributed by atoms with van der Waals surface area (Å²) < 4.78 is 5.35. The van der Waals surface area contributed by atoms with Gasteiger partial charge in [0.2, 0.25) is 0 Å². The van der Waals surface area contributed by atoms with Gasteiger partial charge in [0, 0.05) is 12.1 Å². The molecule has 0 atom stereocenters. The highest BCUT2D eigenvalue weighted by Gasteiger charge is 2.17. The van der Waals surface area contributed by atoms with Gasteiger partial charge in [-0.15, -0.1) is 0 Å². The van der Waals surface area contributed by atoms with Crippen LogP contribution in [0.5, 0.6) is 5.75 Å². The second-order valence-corrected chi connectivity index (χ2v) is 7.04. The summed E-state index contributed by atoms with van der Waals surface area (Å²) in [5.41, 5.74) is 3.52. The number of ether oxygens (including phenoxy) is 1. The highest BCUT2D eigenvalue weighted by molar-refractivity contribution is 5.98. The third-order valence-electron chi connectivity index (χ3n) is 5.02. The van der Waals surface area contributed by atoms with Crippen LogP contribution < -0.4 is 15.4 Å². The molecule has 2 heterocycles. The first-order valence-electron chi connectivity index (χ1n) is 9.55. The van der Waals surface area contributed by atoms with E-state index in [9.17, 15) is 9.59 Å². The number of carbonyl (C=O) groups is 2. The lowest BCUT2D eigenvalue weighted by atomic mass is 10.0. The predicted octanol–water partition coefficient (Wildman–Crippen LogP) is 3.49. The number of aromatic amines is 1. The summed E-state index contributed by atoms with van der Waals surface area (Å²) in [5, 5.41) is 15.0. The van der Waals surface area contributed by atoms with Crippen molar-refractivity contribution in [2.24, 2.45) is 0 Å². The molecule has 0 bridgehead atoms. The maximum atomic E-state index is 12.6. The fourth-order valence-corrected chi connectivity index (χ4v) is 3.54. The van der Waals surface area contributed by atoms with Crippen molar-refractivity contribution in [2.45, 2.75) is 6.54 Å². The zero-order valence-electron chi connectivity index (χ0n) is 15.9. The van der Waals surface area contributed by atoms with Gasteiger partial charge in [-0.25, -0.2) is 0 Å². The van der Waals surface area contributed by atoms with Gasteiger partial charge in [0.15, 0.2) is 6.61 Å². The van der Waals surface area contributed by atoms with Crippen molar-refractivity contribution in [2.75, 3.05) is 11.9 Å². The molecule has 4 aromatic rings. The van der Waals surface area contributed by atoms with E-state index >= 15 is 0 Å². The SMILES string of the molecule is O=C1COc2ccc(CNC(=O)c3cc(-c4cccc5ccccc45)n[nH]3)cc2N1. The summed E-state index contributed by atoms with van der Waals surface area (Å²) in [6.45, 7) is 0.326. The van der Waals surface area contributed by atoms with Crippen LogP contribution in [0.15, 0.2) is 66.7 Å². The molecule has 7 nitrogen and oxygen atoms in total. The predicted molar refractivity (Wildman–Crippen MR) is 113 cm³/mol. The number of amides is 2. The standard InChI is InChI=1S/C23H18N4O3/c28-22-13-30-21-9-8-14(10-19(21)25-22)12-24-23(29)20-11-18(26-27-20)17-7-3-5-15-4-1-2-6-16(15)17/h1-11H,12-13H2,(H,24,29)(H,25,28)(H,26,27). The highest BCUT2D eigenvalue weighted by atomic mass is 16.5. The highest BCUT2D eigenvalue weighted by Crippen LogP contribution is 2.29. The van der Waals surface area contributed by atoms with Gasteiger partial charge >= 0.3 is 0 Å². The second-order valence-electron chi connectivity index (χ2n) is 7.04. The normalized spacial score (nSPS) is 12.7. The van der Waals surface area contributed by atoms with E-state index in [0.717, 1.165) is 21.9 Å². The lowest BCUT2D eigenvalue weighted by molar-refractivity contribution is -0.118. The van der Waals surface area contributed by atoms with Crippen molar-refractivity contribution in [3.8, 4) is 17.0 Å². The summed E-state index contributed by atoms with van der Waals surface area (Å²) in [5.74, 6) is 0.173.